The Balaban J connectivity index is 4.38. The van der Waals surface area contributed by atoms with Crippen LogP contribution in [0, 0.1) is 20.2 Å². The molecule has 0 radical (unpaired) electrons. The second-order valence-corrected chi connectivity index (χ2v) is 0.899. The van der Waals surface area contributed by atoms with E-state index in [-0.39, 0.29) is 0 Å². The summed E-state index contributed by atoms with van der Waals surface area (Å²) in [5, 5.41) is 20.0. The van der Waals surface area contributed by atoms with Crippen LogP contribution in [0.4, 0.5) is 4.48 Å². The van der Waals surface area contributed by atoms with Crippen molar-refractivity contribution in [3.63, 3.8) is 0 Å². The van der Waals surface area contributed by atoms with Crippen LogP contribution in [-0.4, -0.2) is 15.8 Å². The molecule has 7 nitrogen and oxygen atoms in total. The summed E-state index contributed by atoms with van der Waals surface area (Å²) in [6.07, 6.45) is 0. The third kappa shape index (κ3) is 1.76. The van der Waals surface area contributed by atoms with Gasteiger partial charge in [0.1, 0.15) is 0 Å². The van der Waals surface area contributed by atoms with Gasteiger partial charge in [0.25, 0.3) is 5.21 Å². The van der Waals surface area contributed by atoms with E-state index < -0.39 is 15.8 Å². The lowest BCUT2D eigenvalue weighted by Gasteiger charge is -1.82. The maximum absolute atomic E-state index is 10.9. The van der Waals surface area contributed by atoms with Crippen LogP contribution < -0.4 is 0 Å². The molecular formula is CFN3O4. The Morgan fingerprint density at radius 1 is 1.33 bits per heavy atom. The van der Waals surface area contributed by atoms with Crippen LogP contribution in [0.5, 0.6) is 0 Å². The van der Waals surface area contributed by atoms with Crippen molar-refractivity contribution in [1.82, 2.24) is 0 Å². The fourth-order valence-electron chi connectivity index (χ4n) is 0.128. The zero-order chi connectivity index (χ0) is 7.44. The van der Waals surface area contributed by atoms with E-state index in [0.29, 0.717) is 0 Å². The molecule has 0 saturated carbocycles. The van der Waals surface area contributed by atoms with Crippen molar-refractivity contribution in [1.29, 1.82) is 0 Å². The van der Waals surface area contributed by atoms with Gasteiger partial charge in [0.2, 0.25) is 0 Å². The molecule has 8 heteroatoms. The first kappa shape index (κ1) is 7.40. The standard InChI is InChI=1S/CFN3O4/c2-3-1(4(6)7)5(8)9. The molecule has 0 aliphatic carbocycles. The smallest absolute Gasteiger partial charge is 0.320 e. The van der Waals surface area contributed by atoms with E-state index in [9.17, 15) is 24.7 Å². The molecule has 0 aliphatic rings. The van der Waals surface area contributed by atoms with Crippen molar-refractivity contribution in [3.8, 4) is 0 Å². The average molecular weight is 137 g/mol. The van der Waals surface area contributed by atoms with Gasteiger partial charge in [-0.3, -0.25) is 0 Å². The quantitative estimate of drug-likeness (QED) is 0.199. The first-order valence-corrected chi connectivity index (χ1v) is 1.57. The van der Waals surface area contributed by atoms with E-state index >= 15 is 0 Å². The minimum absolute atomic E-state index is 1.31. The Hall–Kier alpha value is -1.60. The normalized spacial score (nSPS) is 8.11. The highest BCUT2D eigenvalue weighted by atomic mass is 19.2. The lowest BCUT2D eigenvalue weighted by atomic mass is 11.1. The molecular weight excluding hydrogens is 137 g/mol. The number of nitro groups is 2. The summed E-state index contributed by atoms with van der Waals surface area (Å²) in [5.41, 5.74) is 0. The average Bonchev–Trinajstić information content (AvgIpc) is 1.64. The highest BCUT2D eigenvalue weighted by molar-refractivity contribution is 5.61. The van der Waals surface area contributed by atoms with Crippen LogP contribution in [0.25, 0.3) is 0 Å². The van der Waals surface area contributed by atoms with Gasteiger partial charge in [-0.1, -0.05) is 0 Å². The molecule has 0 aromatic rings. The van der Waals surface area contributed by atoms with E-state index in [2.05, 4.69) is 0 Å². The van der Waals surface area contributed by atoms with Gasteiger partial charge in [-0.2, -0.15) is 0 Å². The number of hydrogen-bond acceptors (Lipinski definition) is 5. The second kappa shape index (κ2) is 2.64. The lowest BCUT2D eigenvalue weighted by molar-refractivity contribution is -0.504. The van der Waals surface area contributed by atoms with Crippen LogP contribution in [0.3, 0.4) is 0 Å². The number of nitrogens with zero attached hydrogens (tertiary/aromatic N) is 3. The molecule has 9 heavy (non-hydrogen) atoms. The molecule has 0 heterocycles. The maximum atomic E-state index is 10.9. The second-order valence-electron chi connectivity index (χ2n) is 0.899. The lowest BCUT2D eigenvalue weighted by Crippen LogP contribution is -2.20. The molecule has 0 fully saturated rings. The minimum atomic E-state index is -1.91. The Labute approximate surface area is 47.0 Å². The Bertz CT molecular complexity index is 159. The summed E-state index contributed by atoms with van der Waals surface area (Å²) in [7, 11) is 0. The molecule has 50 valence electrons. The number of rotatable bonds is 0. The number of guanidine groups is 1. The first-order chi connectivity index (χ1) is 4.09. The molecule has 0 amide bonds. The predicted octanol–water partition coefficient (Wildman–Crippen LogP) is -0.220. The van der Waals surface area contributed by atoms with Gasteiger partial charge in [-0.25, -0.2) is 0 Å². The van der Waals surface area contributed by atoms with Gasteiger partial charge in [-0.15, -0.1) is 0 Å². The van der Waals surface area contributed by atoms with Gasteiger partial charge < -0.3 is 20.2 Å². The highest BCUT2D eigenvalue weighted by Crippen LogP contribution is 1.81. The molecule has 0 rings (SSSR count). The Morgan fingerprint density at radius 2 is 1.67 bits per heavy atom. The molecule has 0 aliphatic heterocycles. The van der Waals surface area contributed by atoms with Gasteiger partial charge in [0, 0.05) is 0 Å². The molecule has 0 saturated heterocycles. The molecule has 0 aromatic carbocycles. The summed E-state index contributed by atoms with van der Waals surface area (Å²) >= 11 is 0. The first-order valence-electron chi connectivity index (χ1n) is 1.57. The van der Waals surface area contributed by atoms with Crippen molar-refractivity contribution < 1.29 is 14.3 Å². The van der Waals surface area contributed by atoms with Gasteiger partial charge >= 0.3 is 5.96 Å². The summed E-state index contributed by atoms with van der Waals surface area (Å²) in [5.74, 6) is -1.91. The van der Waals surface area contributed by atoms with Crippen molar-refractivity contribution in [3.05, 3.63) is 20.2 Å². The van der Waals surface area contributed by atoms with E-state index in [4.69, 9.17) is 0 Å². The number of halogens is 1. The van der Waals surface area contributed by atoms with Crippen LogP contribution in [-0.2, 0) is 0 Å². The molecule has 0 atom stereocenters. The van der Waals surface area contributed by atoms with Gasteiger partial charge in [-0.05, 0) is 0 Å². The zero-order valence-electron chi connectivity index (χ0n) is 3.85. The number of hydrogen-bond donors (Lipinski definition) is 0. The van der Waals surface area contributed by atoms with Crippen LogP contribution in [0.1, 0.15) is 0 Å². The van der Waals surface area contributed by atoms with E-state index in [1.165, 1.54) is 5.21 Å². The third-order valence-electron chi connectivity index (χ3n) is 0.402. The van der Waals surface area contributed by atoms with Crippen molar-refractivity contribution in [2.24, 2.45) is 5.21 Å². The third-order valence-corrected chi connectivity index (χ3v) is 0.402. The van der Waals surface area contributed by atoms with Gasteiger partial charge in [0.15, 0.2) is 0 Å². The Morgan fingerprint density at radius 3 is 1.67 bits per heavy atom. The fraction of sp³-hybridized carbons (Fsp3) is 0. The SMILES string of the molecule is O=[N+]([O-])C(=NF)[N+](=O)[O-]. The van der Waals surface area contributed by atoms with Crippen LogP contribution in [0.2, 0.25) is 0 Å². The molecule has 0 unspecified atom stereocenters. The van der Waals surface area contributed by atoms with Crippen molar-refractivity contribution in [2.75, 3.05) is 0 Å². The maximum Gasteiger partial charge on any atom is 0.713 e. The van der Waals surface area contributed by atoms with Crippen LogP contribution >= 0.6 is 0 Å². The molecule has 0 N–H and O–H groups in total. The van der Waals surface area contributed by atoms with Gasteiger partial charge in [0.05, 0.1) is 14.3 Å². The van der Waals surface area contributed by atoms with Crippen molar-refractivity contribution >= 4 is 5.96 Å². The van der Waals surface area contributed by atoms with E-state index in [0.717, 1.165) is 0 Å². The summed E-state index contributed by atoms with van der Waals surface area (Å²) in [6, 6.07) is 0. The van der Waals surface area contributed by atoms with Crippen LogP contribution in [0.15, 0.2) is 5.21 Å². The largest absolute Gasteiger partial charge is 0.713 e. The topological polar surface area (TPSA) is 98.6 Å². The summed E-state index contributed by atoms with van der Waals surface area (Å²) < 4.78 is 10.9. The van der Waals surface area contributed by atoms with E-state index in [1.807, 2.05) is 0 Å². The predicted molar refractivity (Wildman–Crippen MR) is 22.5 cm³/mol. The minimum Gasteiger partial charge on any atom is -0.320 e. The fourth-order valence-corrected chi connectivity index (χ4v) is 0.128. The molecule has 0 aromatic heterocycles. The van der Waals surface area contributed by atoms with Crippen molar-refractivity contribution in [2.45, 2.75) is 0 Å². The summed E-state index contributed by atoms with van der Waals surface area (Å²) in [6.45, 7) is 0. The summed E-state index contributed by atoms with van der Waals surface area (Å²) in [4.78, 5) is 15.7. The molecule has 0 spiro atoms. The van der Waals surface area contributed by atoms with E-state index in [1.54, 1.807) is 0 Å². The Kier molecular flexibility index (Phi) is 2.17. The molecule has 0 bridgehead atoms. The highest BCUT2D eigenvalue weighted by Gasteiger charge is 2.28. The monoisotopic (exact) mass is 137 g/mol. The zero-order valence-corrected chi connectivity index (χ0v) is 3.85.